The molecule has 1 heterocycles. The molecule has 0 saturated heterocycles. The second kappa shape index (κ2) is 6.56. The molecule has 19 heavy (non-hydrogen) atoms. The zero-order valence-electron chi connectivity index (χ0n) is 10.3. The molecule has 0 radical (unpaired) electrons. The van der Waals surface area contributed by atoms with Gasteiger partial charge in [0, 0.05) is 7.11 Å². The molecular formula is C11H13Cl2NO4S. The maximum atomic E-state index is 12.1. The van der Waals surface area contributed by atoms with E-state index in [0.29, 0.717) is 4.34 Å². The summed E-state index contributed by atoms with van der Waals surface area (Å²) in [4.78, 5) is 22.9. The summed E-state index contributed by atoms with van der Waals surface area (Å²) in [6.45, 7) is 1.66. The van der Waals surface area contributed by atoms with Crippen LogP contribution in [0.2, 0.25) is 8.67 Å². The molecule has 0 fully saturated rings. The molecule has 1 atom stereocenters. The number of aliphatic carboxylic acids is 1. The van der Waals surface area contributed by atoms with Crippen LogP contribution in [-0.2, 0) is 9.53 Å². The van der Waals surface area contributed by atoms with E-state index in [2.05, 4.69) is 5.32 Å². The predicted molar refractivity (Wildman–Crippen MR) is 74.3 cm³/mol. The third-order valence-electron chi connectivity index (χ3n) is 2.32. The Morgan fingerprint density at radius 3 is 2.58 bits per heavy atom. The summed E-state index contributed by atoms with van der Waals surface area (Å²) in [7, 11) is 1.43. The van der Waals surface area contributed by atoms with Gasteiger partial charge in [0.2, 0.25) is 0 Å². The molecule has 1 aromatic rings. The number of rotatable bonds is 6. The predicted octanol–water partition coefficient (Wildman–Crippen LogP) is 2.66. The summed E-state index contributed by atoms with van der Waals surface area (Å²) < 4.78 is 5.60. The fourth-order valence-corrected chi connectivity index (χ4v) is 3.08. The van der Waals surface area contributed by atoms with Crippen molar-refractivity contribution < 1.29 is 19.4 Å². The van der Waals surface area contributed by atoms with Crippen LogP contribution < -0.4 is 5.32 Å². The van der Waals surface area contributed by atoms with Crippen molar-refractivity contribution >= 4 is 46.4 Å². The molecule has 1 amide bonds. The number of carbonyl (C=O) groups excluding carboxylic acids is 1. The first-order chi connectivity index (χ1) is 8.77. The zero-order valence-corrected chi connectivity index (χ0v) is 12.7. The minimum absolute atomic E-state index is 0.0700. The molecule has 1 rings (SSSR count). The summed E-state index contributed by atoms with van der Waals surface area (Å²) in [5, 5.41) is 11.5. The largest absolute Gasteiger partial charge is 0.481 e. The van der Waals surface area contributed by atoms with E-state index >= 15 is 0 Å². The SMILES string of the molecule is COCC(C)(CC(=O)O)NC(=O)c1cc(Cl)sc1Cl. The number of amides is 1. The third kappa shape index (κ3) is 4.65. The van der Waals surface area contributed by atoms with Gasteiger partial charge in [-0.2, -0.15) is 0 Å². The lowest BCUT2D eigenvalue weighted by atomic mass is 9.98. The maximum absolute atomic E-state index is 12.1. The van der Waals surface area contributed by atoms with Crippen LogP contribution in [0.5, 0.6) is 0 Å². The Morgan fingerprint density at radius 2 is 2.16 bits per heavy atom. The Hall–Kier alpha value is -0.820. The Labute approximate surface area is 124 Å². The normalized spacial score (nSPS) is 13.9. The molecule has 1 unspecified atom stereocenters. The van der Waals surface area contributed by atoms with Crippen LogP contribution in [-0.4, -0.2) is 36.2 Å². The highest BCUT2D eigenvalue weighted by Crippen LogP contribution is 2.31. The Kier molecular flexibility index (Phi) is 5.61. The van der Waals surface area contributed by atoms with Gasteiger partial charge in [0.15, 0.2) is 0 Å². The van der Waals surface area contributed by atoms with Crippen molar-refractivity contribution in [1.82, 2.24) is 5.32 Å². The molecule has 8 heteroatoms. The molecular weight excluding hydrogens is 313 g/mol. The Bertz CT molecular complexity index is 491. The first kappa shape index (κ1) is 16.2. The number of hydrogen-bond acceptors (Lipinski definition) is 4. The second-order valence-electron chi connectivity index (χ2n) is 4.26. The van der Waals surface area contributed by atoms with Crippen molar-refractivity contribution in [1.29, 1.82) is 0 Å². The highest BCUT2D eigenvalue weighted by Gasteiger charge is 2.31. The van der Waals surface area contributed by atoms with Crippen molar-refractivity contribution in [2.24, 2.45) is 0 Å². The number of ether oxygens (including phenoxy) is 1. The summed E-state index contributed by atoms with van der Waals surface area (Å²) in [6.07, 6.45) is -0.262. The maximum Gasteiger partial charge on any atom is 0.305 e. The van der Waals surface area contributed by atoms with Gasteiger partial charge < -0.3 is 15.2 Å². The van der Waals surface area contributed by atoms with Crippen LogP contribution in [0.4, 0.5) is 0 Å². The van der Waals surface area contributed by atoms with E-state index in [9.17, 15) is 9.59 Å². The number of methoxy groups -OCH3 is 1. The van der Waals surface area contributed by atoms with Crippen molar-refractivity contribution in [2.45, 2.75) is 18.9 Å². The quantitative estimate of drug-likeness (QED) is 0.843. The average molecular weight is 326 g/mol. The molecule has 2 N–H and O–H groups in total. The number of carboxylic acid groups (broad SMARTS) is 1. The monoisotopic (exact) mass is 325 g/mol. The molecule has 0 aromatic carbocycles. The van der Waals surface area contributed by atoms with Gasteiger partial charge >= 0.3 is 5.97 Å². The molecule has 5 nitrogen and oxygen atoms in total. The lowest BCUT2D eigenvalue weighted by molar-refractivity contribution is -0.139. The number of carbonyl (C=O) groups is 2. The van der Waals surface area contributed by atoms with Gasteiger partial charge in [-0.05, 0) is 13.0 Å². The number of nitrogens with one attached hydrogen (secondary N) is 1. The fraction of sp³-hybridized carbons (Fsp3) is 0.455. The van der Waals surface area contributed by atoms with Gasteiger partial charge in [0.1, 0.15) is 4.34 Å². The Balaban J connectivity index is 2.87. The topological polar surface area (TPSA) is 75.6 Å². The lowest BCUT2D eigenvalue weighted by Gasteiger charge is -2.28. The molecule has 0 bridgehead atoms. The molecule has 0 aliphatic heterocycles. The van der Waals surface area contributed by atoms with Gasteiger partial charge in [-0.3, -0.25) is 9.59 Å². The van der Waals surface area contributed by atoms with Crippen LogP contribution in [0.1, 0.15) is 23.7 Å². The molecule has 0 saturated carbocycles. The third-order valence-corrected chi connectivity index (χ3v) is 3.81. The van der Waals surface area contributed by atoms with Crippen molar-refractivity contribution in [3.63, 3.8) is 0 Å². The van der Waals surface area contributed by atoms with E-state index in [1.54, 1.807) is 6.92 Å². The minimum Gasteiger partial charge on any atom is -0.481 e. The summed E-state index contributed by atoms with van der Waals surface area (Å²) >= 11 is 12.7. The van der Waals surface area contributed by atoms with E-state index in [-0.39, 0.29) is 22.9 Å². The van der Waals surface area contributed by atoms with E-state index in [1.807, 2.05) is 0 Å². The number of carboxylic acids is 1. The molecule has 0 aliphatic carbocycles. The Morgan fingerprint density at radius 1 is 1.53 bits per heavy atom. The molecule has 0 spiro atoms. The van der Waals surface area contributed by atoms with E-state index in [1.165, 1.54) is 13.2 Å². The van der Waals surface area contributed by atoms with Gasteiger partial charge in [-0.1, -0.05) is 23.2 Å². The fourth-order valence-electron chi connectivity index (χ4n) is 1.62. The lowest BCUT2D eigenvalue weighted by Crippen LogP contribution is -2.50. The standard InChI is InChI=1S/C11H13Cl2NO4S/c1-11(5-18-2,4-8(15)16)14-10(17)6-3-7(12)19-9(6)13/h3H,4-5H2,1-2H3,(H,14,17)(H,15,16). The van der Waals surface area contributed by atoms with Gasteiger partial charge in [-0.15, -0.1) is 11.3 Å². The van der Waals surface area contributed by atoms with Crippen LogP contribution in [0, 0.1) is 0 Å². The van der Waals surface area contributed by atoms with Crippen LogP contribution in [0.3, 0.4) is 0 Å². The number of thiophene rings is 1. The smallest absolute Gasteiger partial charge is 0.305 e. The summed E-state index contributed by atoms with van der Waals surface area (Å²) in [5.74, 6) is -1.51. The average Bonchev–Trinajstić information content (AvgIpc) is 2.56. The van der Waals surface area contributed by atoms with Crippen LogP contribution in [0.25, 0.3) is 0 Å². The van der Waals surface area contributed by atoms with E-state index < -0.39 is 17.4 Å². The summed E-state index contributed by atoms with van der Waals surface area (Å²) in [5.41, 5.74) is -0.792. The van der Waals surface area contributed by atoms with Gasteiger partial charge in [-0.25, -0.2) is 0 Å². The van der Waals surface area contributed by atoms with Crippen molar-refractivity contribution in [3.05, 3.63) is 20.3 Å². The summed E-state index contributed by atoms with van der Waals surface area (Å²) in [6, 6.07) is 1.44. The molecule has 106 valence electrons. The second-order valence-corrected chi connectivity index (χ2v) is 6.54. The van der Waals surface area contributed by atoms with Crippen LogP contribution in [0.15, 0.2) is 6.07 Å². The first-order valence-electron chi connectivity index (χ1n) is 5.25. The van der Waals surface area contributed by atoms with Gasteiger partial charge in [0.05, 0.1) is 28.5 Å². The van der Waals surface area contributed by atoms with Crippen molar-refractivity contribution in [2.75, 3.05) is 13.7 Å². The highest BCUT2D eigenvalue weighted by molar-refractivity contribution is 7.20. The minimum atomic E-state index is -1.03. The van der Waals surface area contributed by atoms with Crippen molar-refractivity contribution in [3.8, 4) is 0 Å². The van der Waals surface area contributed by atoms with Gasteiger partial charge in [0.25, 0.3) is 5.91 Å². The highest BCUT2D eigenvalue weighted by atomic mass is 35.5. The number of halogens is 2. The first-order valence-corrected chi connectivity index (χ1v) is 6.83. The van der Waals surface area contributed by atoms with Crippen LogP contribution >= 0.6 is 34.5 Å². The van der Waals surface area contributed by atoms with E-state index in [0.717, 1.165) is 11.3 Å². The molecule has 0 aliphatic rings. The molecule has 1 aromatic heterocycles. The zero-order chi connectivity index (χ0) is 14.6. The number of hydrogen-bond donors (Lipinski definition) is 2. The van der Waals surface area contributed by atoms with E-state index in [4.69, 9.17) is 33.0 Å².